The van der Waals surface area contributed by atoms with Crippen LogP contribution in [0.2, 0.25) is 5.02 Å². The Bertz CT molecular complexity index is 647. The molecule has 0 fully saturated rings. The quantitative estimate of drug-likeness (QED) is 0.829. The summed E-state index contributed by atoms with van der Waals surface area (Å²) in [4.78, 5) is 11.8. The zero-order valence-corrected chi connectivity index (χ0v) is 10.3. The molecule has 0 aliphatic rings. The number of amides is 1. The number of hydrogen-bond donors (Lipinski definition) is 2. The third-order valence-electron chi connectivity index (χ3n) is 2.44. The molecule has 19 heavy (non-hydrogen) atoms. The number of carbonyl (C=O) groups excluding carboxylic acids is 1. The zero-order chi connectivity index (χ0) is 14.0. The second kappa shape index (κ2) is 5.24. The van der Waals surface area contributed by atoms with Gasteiger partial charge in [0.05, 0.1) is 16.4 Å². The molecule has 0 spiro atoms. The molecule has 0 aliphatic carbocycles. The lowest BCUT2D eigenvalue weighted by atomic mass is 10.2. The Morgan fingerprint density at radius 2 is 1.89 bits per heavy atom. The average molecular weight is 283 g/mol. The Morgan fingerprint density at radius 3 is 2.53 bits per heavy atom. The summed E-state index contributed by atoms with van der Waals surface area (Å²) in [5, 5.41) is 2.51. The van der Waals surface area contributed by atoms with E-state index in [0.29, 0.717) is 0 Å². The van der Waals surface area contributed by atoms with Crippen LogP contribution < -0.4 is 11.1 Å². The first-order valence-corrected chi connectivity index (χ1v) is 5.66. The van der Waals surface area contributed by atoms with Gasteiger partial charge in [0.15, 0.2) is 0 Å². The van der Waals surface area contributed by atoms with Gasteiger partial charge in [0, 0.05) is 5.56 Å². The van der Waals surface area contributed by atoms with Gasteiger partial charge in [-0.2, -0.15) is 0 Å². The number of hydrogen-bond acceptors (Lipinski definition) is 2. The zero-order valence-electron chi connectivity index (χ0n) is 9.58. The van der Waals surface area contributed by atoms with E-state index < -0.39 is 17.5 Å². The van der Waals surface area contributed by atoms with Crippen molar-refractivity contribution >= 4 is 28.9 Å². The van der Waals surface area contributed by atoms with Crippen molar-refractivity contribution in [3.05, 3.63) is 58.6 Å². The summed E-state index contributed by atoms with van der Waals surface area (Å²) in [6, 6.07) is 7.23. The molecule has 0 aliphatic heterocycles. The molecule has 1 amide bonds. The topological polar surface area (TPSA) is 55.1 Å². The molecule has 98 valence electrons. The van der Waals surface area contributed by atoms with Crippen molar-refractivity contribution in [3.63, 3.8) is 0 Å². The molecular formula is C13H9ClF2N2O. The van der Waals surface area contributed by atoms with Gasteiger partial charge in [-0.3, -0.25) is 4.79 Å². The van der Waals surface area contributed by atoms with Gasteiger partial charge >= 0.3 is 0 Å². The van der Waals surface area contributed by atoms with E-state index in [0.717, 1.165) is 18.2 Å². The lowest BCUT2D eigenvalue weighted by molar-refractivity contribution is 0.102. The summed E-state index contributed by atoms with van der Waals surface area (Å²) in [5.74, 6) is -1.76. The Balaban J connectivity index is 2.23. The van der Waals surface area contributed by atoms with Crippen molar-refractivity contribution < 1.29 is 13.6 Å². The van der Waals surface area contributed by atoms with Gasteiger partial charge in [-0.1, -0.05) is 11.6 Å². The summed E-state index contributed by atoms with van der Waals surface area (Å²) in [6.45, 7) is 0. The molecule has 0 saturated heterocycles. The van der Waals surface area contributed by atoms with Crippen molar-refractivity contribution in [1.29, 1.82) is 0 Å². The Labute approximate surface area is 113 Å². The fourth-order valence-corrected chi connectivity index (χ4v) is 1.67. The van der Waals surface area contributed by atoms with E-state index in [9.17, 15) is 13.6 Å². The van der Waals surface area contributed by atoms with Crippen LogP contribution in [0, 0.1) is 11.6 Å². The SMILES string of the molecule is Nc1ccc(C(=O)Nc2ccc(F)cc2Cl)cc1F. The Hall–Kier alpha value is -2.14. The third kappa shape index (κ3) is 3.00. The monoisotopic (exact) mass is 282 g/mol. The predicted molar refractivity (Wildman–Crippen MR) is 70.2 cm³/mol. The van der Waals surface area contributed by atoms with E-state index in [1.807, 2.05) is 0 Å². The van der Waals surface area contributed by atoms with Crippen molar-refractivity contribution in [2.24, 2.45) is 0 Å². The number of halogens is 3. The number of rotatable bonds is 2. The number of carbonyl (C=O) groups is 1. The molecule has 3 N–H and O–H groups in total. The fourth-order valence-electron chi connectivity index (χ4n) is 1.45. The van der Waals surface area contributed by atoms with Gasteiger partial charge in [-0.25, -0.2) is 8.78 Å². The second-order valence-electron chi connectivity index (χ2n) is 3.81. The van der Waals surface area contributed by atoms with Crippen LogP contribution in [-0.2, 0) is 0 Å². The maximum absolute atomic E-state index is 13.2. The molecular weight excluding hydrogens is 274 g/mol. The van der Waals surface area contributed by atoms with E-state index in [1.165, 1.54) is 18.2 Å². The highest BCUT2D eigenvalue weighted by atomic mass is 35.5. The van der Waals surface area contributed by atoms with E-state index in [4.69, 9.17) is 17.3 Å². The summed E-state index contributed by atoms with van der Waals surface area (Å²) < 4.78 is 26.1. The van der Waals surface area contributed by atoms with Crippen molar-refractivity contribution in [2.45, 2.75) is 0 Å². The van der Waals surface area contributed by atoms with Gasteiger partial charge in [0.25, 0.3) is 5.91 Å². The second-order valence-corrected chi connectivity index (χ2v) is 4.22. The highest BCUT2D eigenvalue weighted by molar-refractivity contribution is 6.33. The van der Waals surface area contributed by atoms with E-state index >= 15 is 0 Å². The molecule has 0 radical (unpaired) electrons. The van der Waals surface area contributed by atoms with Crippen LogP contribution in [0.4, 0.5) is 20.2 Å². The number of nitrogens with one attached hydrogen (secondary N) is 1. The van der Waals surface area contributed by atoms with E-state index in [1.54, 1.807) is 0 Å². The molecule has 2 rings (SSSR count). The Kier molecular flexibility index (Phi) is 3.66. The maximum atomic E-state index is 13.2. The maximum Gasteiger partial charge on any atom is 0.255 e. The van der Waals surface area contributed by atoms with Crippen LogP contribution >= 0.6 is 11.6 Å². The first-order chi connectivity index (χ1) is 8.97. The summed E-state index contributed by atoms with van der Waals surface area (Å²) in [7, 11) is 0. The van der Waals surface area contributed by atoms with Gasteiger partial charge < -0.3 is 11.1 Å². The highest BCUT2D eigenvalue weighted by Gasteiger charge is 2.11. The van der Waals surface area contributed by atoms with Crippen LogP contribution in [0.25, 0.3) is 0 Å². The van der Waals surface area contributed by atoms with Crippen LogP contribution in [0.15, 0.2) is 36.4 Å². The normalized spacial score (nSPS) is 10.3. The molecule has 0 heterocycles. The molecule has 0 unspecified atom stereocenters. The summed E-state index contributed by atoms with van der Waals surface area (Å²) >= 11 is 5.77. The van der Waals surface area contributed by atoms with Crippen LogP contribution in [0.1, 0.15) is 10.4 Å². The van der Waals surface area contributed by atoms with Crippen LogP contribution in [0.3, 0.4) is 0 Å². The summed E-state index contributed by atoms with van der Waals surface area (Å²) in [5.41, 5.74) is 5.60. The van der Waals surface area contributed by atoms with Crippen molar-refractivity contribution in [2.75, 3.05) is 11.1 Å². The number of nitrogen functional groups attached to an aromatic ring is 1. The lowest BCUT2D eigenvalue weighted by Crippen LogP contribution is -2.12. The van der Waals surface area contributed by atoms with E-state index in [-0.39, 0.29) is 22.0 Å². The van der Waals surface area contributed by atoms with Crippen LogP contribution in [-0.4, -0.2) is 5.91 Å². The van der Waals surface area contributed by atoms with Gasteiger partial charge in [0.2, 0.25) is 0 Å². The minimum absolute atomic E-state index is 0.0450. The van der Waals surface area contributed by atoms with Crippen LogP contribution in [0.5, 0.6) is 0 Å². The molecule has 6 heteroatoms. The first-order valence-electron chi connectivity index (χ1n) is 5.29. The summed E-state index contributed by atoms with van der Waals surface area (Å²) in [6.07, 6.45) is 0. The molecule has 2 aromatic rings. The average Bonchev–Trinajstić information content (AvgIpc) is 2.36. The highest BCUT2D eigenvalue weighted by Crippen LogP contribution is 2.23. The number of benzene rings is 2. The third-order valence-corrected chi connectivity index (χ3v) is 2.75. The fraction of sp³-hybridized carbons (Fsp3) is 0. The molecule has 0 bridgehead atoms. The van der Waals surface area contributed by atoms with Gasteiger partial charge in [-0.05, 0) is 36.4 Å². The van der Waals surface area contributed by atoms with E-state index in [2.05, 4.69) is 5.32 Å². The number of nitrogens with two attached hydrogens (primary N) is 1. The Morgan fingerprint density at radius 1 is 1.16 bits per heavy atom. The standard InChI is InChI=1S/C13H9ClF2N2O/c14-9-6-8(15)2-4-12(9)18-13(19)7-1-3-11(17)10(16)5-7/h1-6H,17H2,(H,18,19). The smallest absolute Gasteiger partial charge is 0.255 e. The minimum Gasteiger partial charge on any atom is -0.396 e. The van der Waals surface area contributed by atoms with Gasteiger partial charge in [0.1, 0.15) is 11.6 Å². The largest absolute Gasteiger partial charge is 0.396 e. The molecule has 0 saturated carbocycles. The van der Waals surface area contributed by atoms with Crippen molar-refractivity contribution in [3.8, 4) is 0 Å². The molecule has 2 aromatic carbocycles. The molecule has 0 atom stereocenters. The predicted octanol–water partition coefficient (Wildman–Crippen LogP) is 3.45. The number of anilines is 2. The van der Waals surface area contributed by atoms with Gasteiger partial charge in [-0.15, -0.1) is 0 Å². The molecule has 0 aromatic heterocycles. The first kappa shape index (κ1) is 13.3. The molecule has 3 nitrogen and oxygen atoms in total. The van der Waals surface area contributed by atoms with Crippen molar-refractivity contribution in [1.82, 2.24) is 0 Å². The minimum atomic E-state index is -0.683. The lowest BCUT2D eigenvalue weighted by Gasteiger charge is -2.07.